The highest BCUT2D eigenvalue weighted by Gasteiger charge is 2.07. The molecule has 0 aliphatic carbocycles. The molecule has 0 unspecified atom stereocenters. The monoisotopic (exact) mass is 277 g/mol. The molecular formula is C13H15N3S2. The Hall–Kier alpha value is -1.46. The van der Waals surface area contributed by atoms with Gasteiger partial charge in [0.2, 0.25) is 0 Å². The summed E-state index contributed by atoms with van der Waals surface area (Å²) < 4.78 is 0. The van der Waals surface area contributed by atoms with Crippen molar-refractivity contribution in [3.05, 3.63) is 45.8 Å². The van der Waals surface area contributed by atoms with Gasteiger partial charge in [0.25, 0.3) is 0 Å². The van der Waals surface area contributed by atoms with E-state index in [4.69, 9.17) is 18.0 Å². The van der Waals surface area contributed by atoms with Crippen molar-refractivity contribution in [1.29, 1.82) is 0 Å². The lowest BCUT2D eigenvalue weighted by molar-refractivity contribution is 0.895. The predicted octanol–water partition coefficient (Wildman–Crippen LogP) is 2.72. The van der Waals surface area contributed by atoms with Crippen molar-refractivity contribution >= 4 is 34.4 Å². The van der Waals surface area contributed by atoms with Gasteiger partial charge in [-0.15, -0.1) is 0 Å². The molecule has 0 aromatic carbocycles. The van der Waals surface area contributed by atoms with Crippen molar-refractivity contribution in [2.45, 2.75) is 13.5 Å². The molecule has 0 amide bonds. The van der Waals surface area contributed by atoms with E-state index in [-0.39, 0.29) is 0 Å². The van der Waals surface area contributed by atoms with E-state index in [0.29, 0.717) is 4.99 Å². The van der Waals surface area contributed by atoms with Crippen molar-refractivity contribution in [1.82, 2.24) is 4.98 Å². The van der Waals surface area contributed by atoms with E-state index in [1.54, 1.807) is 11.3 Å². The van der Waals surface area contributed by atoms with E-state index < -0.39 is 0 Å². The Morgan fingerprint density at radius 1 is 1.50 bits per heavy atom. The normalized spacial score (nSPS) is 10.3. The second-order valence-corrected chi connectivity index (χ2v) is 5.43. The number of rotatable bonds is 4. The van der Waals surface area contributed by atoms with Crippen LogP contribution in [0.2, 0.25) is 0 Å². The molecule has 2 aromatic rings. The number of aromatic nitrogens is 1. The Morgan fingerprint density at radius 3 is 2.89 bits per heavy atom. The van der Waals surface area contributed by atoms with Crippen molar-refractivity contribution in [3.8, 4) is 0 Å². The molecule has 0 aliphatic heterocycles. The number of nitrogens with two attached hydrogens (primary N) is 1. The van der Waals surface area contributed by atoms with Crippen LogP contribution in [-0.2, 0) is 6.54 Å². The van der Waals surface area contributed by atoms with E-state index in [0.717, 1.165) is 23.6 Å². The molecule has 18 heavy (non-hydrogen) atoms. The van der Waals surface area contributed by atoms with Gasteiger partial charge in [0.1, 0.15) is 10.8 Å². The summed E-state index contributed by atoms with van der Waals surface area (Å²) in [5.41, 5.74) is 8.74. The van der Waals surface area contributed by atoms with Crippen LogP contribution < -0.4 is 10.6 Å². The number of hydrogen-bond acceptors (Lipinski definition) is 4. The van der Waals surface area contributed by atoms with Gasteiger partial charge in [0.15, 0.2) is 0 Å². The zero-order valence-electron chi connectivity index (χ0n) is 10.4. The molecule has 3 nitrogen and oxygen atoms in total. The minimum Gasteiger partial charge on any atom is -0.389 e. The molecular weight excluding hydrogens is 262 g/mol. The molecule has 2 N–H and O–H groups in total. The minimum atomic E-state index is 0.408. The second kappa shape index (κ2) is 5.46. The van der Waals surface area contributed by atoms with Crippen LogP contribution in [0.1, 0.15) is 16.8 Å². The van der Waals surface area contributed by atoms with Crippen LogP contribution in [0.4, 0.5) is 5.82 Å². The fourth-order valence-electron chi connectivity index (χ4n) is 1.73. The largest absolute Gasteiger partial charge is 0.389 e. The number of anilines is 1. The average Bonchev–Trinajstić information content (AvgIpc) is 2.80. The molecule has 2 aromatic heterocycles. The van der Waals surface area contributed by atoms with Gasteiger partial charge < -0.3 is 10.6 Å². The summed E-state index contributed by atoms with van der Waals surface area (Å²) >= 11 is 6.72. The van der Waals surface area contributed by atoms with Gasteiger partial charge in [-0.2, -0.15) is 11.3 Å². The van der Waals surface area contributed by atoms with Crippen LogP contribution in [0.3, 0.4) is 0 Å². The molecule has 0 radical (unpaired) electrons. The van der Waals surface area contributed by atoms with Gasteiger partial charge in [-0.3, -0.25) is 0 Å². The zero-order valence-corrected chi connectivity index (χ0v) is 12.0. The van der Waals surface area contributed by atoms with Crippen molar-refractivity contribution in [3.63, 3.8) is 0 Å². The molecule has 0 saturated carbocycles. The number of aryl methyl sites for hydroxylation is 1. The molecule has 0 saturated heterocycles. The highest BCUT2D eigenvalue weighted by Crippen LogP contribution is 2.17. The van der Waals surface area contributed by atoms with Crippen LogP contribution in [0.5, 0.6) is 0 Å². The van der Waals surface area contributed by atoms with Gasteiger partial charge in [0, 0.05) is 24.8 Å². The highest BCUT2D eigenvalue weighted by atomic mass is 32.1. The van der Waals surface area contributed by atoms with Gasteiger partial charge in [-0.1, -0.05) is 12.2 Å². The van der Waals surface area contributed by atoms with Crippen LogP contribution in [0, 0.1) is 6.92 Å². The Bertz CT molecular complexity index is 549. The molecule has 0 fully saturated rings. The first-order valence-corrected chi connectivity index (χ1v) is 6.92. The molecule has 0 spiro atoms. The third-order valence-electron chi connectivity index (χ3n) is 2.62. The fourth-order valence-corrected chi connectivity index (χ4v) is 2.50. The first-order chi connectivity index (χ1) is 8.56. The fraction of sp³-hybridized carbons (Fsp3) is 0.231. The summed E-state index contributed by atoms with van der Waals surface area (Å²) in [6, 6.07) is 5.96. The number of thiophene rings is 1. The lowest BCUT2D eigenvalue weighted by atomic mass is 10.2. The topological polar surface area (TPSA) is 42.1 Å². The van der Waals surface area contributed by atoms with Gasteiger partial charge in [-0.05, 0) is 41.4 Å². The number of pyridine rings is 1. The van der Waals surface area contributed by atoms with E-state index >= 15 is 0 Å². The maximum atomic E-state index is 5.67. The van der Waals surface area contributed by atoms with Crippen LogP contribution in [-0.4, -0.2) is 17.0 Å². The lowest BCUT2D eigenvalue weighted by Crippen LogP contribution is -2.19. The number of thiocarbonyl (C=S) groups is 1. The predicted molar refractivity (Wildman–Crippen MR) is 81.3 cm³/mol. The van der Waals surface area contributed by atoms with E-state index in [1.165, 1.54) is 5.56 Å². The van der Waals surface area contributed by atoms with Gasteiger partial charge in [0.05, 0.1) is 0 Å². The summed E-state index contributed by atoms with van der Waals surface area (Å²) in [6.07, 6.45) is 0. The average molecular weight is 277 g/mol. The number of hydrogen-bond donors (Lipinski definition) is 1. The lowest BCUT2D eigenvalue weighted by Gasteiger charge is -2.18. The van der Waals surface area contributed by atoms with Gasteiger partial charge in [-0.25, -0.2) is 4.98 Å². The van der Waals surface area contributed by atoms with Crippen molar-refractivity contribution in [2.75, 3.05) is 11.9 Å². The SMILES string of the molecule is Cc1cc(C(N)=S)cc(N(C)Cc2ccsc2)n1. The maximum absolute atomic E-state index is 5.67. The molecule has 2 heterocycles. The van der Waals surface area contributed by atoms with Crippen LogP contribution in [0.25, 0.3) is 0 Å². The standard InChI is InChI=1S/C13H15N3S2/c1-9-5-11(13(14)17)6-12(15-9)16(2)7-10-3-4-18-8-10/h3-6,8H,7H2,1-2H3,(H2,14,17). The summed E-state index contributed by atoms with van der Waals surface area (Å²) in [6.45, 7) is 2.78. The molecule has 5 heteroatoms. The summed E-state index contributed by atoms with van der Waals surface area (Å²) in [5.74, 6) is 0.893. The molecule has 0 aliphatic rings. The molecule has 0 bridgehead atoms. The van der Waals surface area contributed by atoms with Crippen LogP contribution >= 0.6 is 23.6 Å². The number of nitrogens with zero attached hydrogens (tertiary/aromatic N) is 2. The quantitative estimate of drug-likeness (QED) is 0.873. The zero-order chi connectivity index (χ0) is 13.1. The Kier molecular flexibility index (Phi) is 3.93. The highest BCUT2D eigenvalue weighted by molar-refractivity contribution is 7.80. The van der Waals surface area contributed by atoms with Crippen molar-refractivity contribution in [2.24, 2.45) is 5.73 Å². The molecule has 0 atom stereocenters. The summed E-state index contributed by atoms with van der Waals surface area (Å²) in [7, 11) is 2.02. The molecule has 2 rings (SSSR count). The Labute approximate surface area is 116 Å². The van der Waals surface area contributed by atoms with Crippen LogP contribution in [0.15, 0.2) is 29.0 Å². The first kappa shape index (κ1) is 13.0. The third-order valence-corrected chi connectivity index (χ3v) is 3.58. The first-order valence-electron chi connectivity index (χ1n) is 5.57. The third kappa shape index (κ3) is 3.05. The van der Waals surface area contributed by atoms with E-state index in [1.807, 2.05) is 26.1 Å². The summed E-state index contributed by atoms with van der Waals surface area (Å²) in [4.78, 5) is 7.01. The van der Waals surface area contributed by atoms with Gasteiger partial charge >= 0.3 is 0 Å². The Balaban J connectivity index is 2.24. The van der Waals surface area contributed by atoms with E-state index in [2.05, 4.69) is 26.7 Å². The minimum absolute atomic E-state index is 0.408. The maximum Gasteiger partial charge on any atom is 0.129 e. The van der Waals surface area contributed by atoms with E-state index in [9.17, 15) is 0 Å². The smallest absolute Gasteiger partial charge is 0.129 e. The molecule has 94 valence electrons. The van der Waals surface area contributed by atoms with Crippen molar-refractivity contribution < 1.29 is 0 Å². The Morgan fingerprint density at radius 2 is 2.28 bits per heavy atom. The second-order valence-electron chi connectivity index (χ2n) is 4.21. The summed E-state index contributed by atoms with van der Waals surface area (Å²) in [5, 5.41) is 4.22.